The van der Waals surface area contributed by atoms with Gasteiger partial charge in [-0.1, -0.05) is 54.6 Å². The highest BCUT2D eigenvalue weighted by Crippen LogP contribution is 2.40. The van der Waals surface area contributed by atoms with Crippen molar-refractivity contribution in [3.05, 3.63) is 108 Å². The van der Waals surface area contributed by atoms with E-state index in [1.54, 1.807) is 0 Å². The van der Waals surface area contributed by atoms with Gasteiger partial charge >= 0.3 is 5.97 Å². The van der Waals surface area contributed by atoms with Gasteiger partial charge in [0.25, 0.3) is 0 Å². The Kier molecular flexibility index (Phi) is 9.13. The largest absolute Gasteiger partial charge is 0.493 e. The molecule has 51 heavy (non-hydrogen) atoms. The van der Waals surface area contributed by atoms with Gasteiger partial charge < -0.3 is 28.6 Å². The summed E-state index contributed by atoms with van der Waals surface area (Å²) in [6, 6.07) is 29.8. The van der Waals surface area contributed by atoms with Gasteiger partial charge in [-0.3, -0.25) is 4.68 Å². The van der Waals surface area contributed by atoms with E-state index in [2.05, 4.69) is 82.0 Å². The summed E-state index contributed by atoms with van der Waals surface area (Å²) in [4.78, 5) is 18.8. The van der Waals surface area contributed by atoms with E-state index in [0.717, 1.165) is 93.9 Å². The van der Waals surface area contributed by atoms with E-state index < -0.39 is 0 Å². The molecule has 0 radical (unpaired) electrons. The smallest absolute Gasteiger partial charge is 0.355 e. The van der Waals surface area contributed by atoms with Crippen LogP contribution in [0.2, 0.25) is 0 Å². The molecule has 0 amide bonds. The topological polar surface area (TPSA) is 74.0 Å². The zero-order valence-corrected chi connectivity index (χ0v) is 29.7. The monoisotopic (exact) mass is 683 g/mol. The van der Waals surface area contributed by atoms with E-state index >= 15 is 0 Å². The van der Waals surface area contributed by atoms with Crippen LogP contribution in [0.5, 0.6) is 5.75 Å². The highest BCUT2D eigenvalue weighted by atomic mass is 16.5. The van der Waals surface area contributed by atoms with Crippen LogP contribution in [-0.4, -0.2) is 66.4 Å². The number of para-hydroxylation sites is 1. The second-order valence-electron chi connectivity index (χ2n) is 13.4. The summed E-state index contributed by atoms with van der Waals surface area (Å²) in [5.41, 5.74) is 9.40. The van der Waals surface area contributed by atoms with Crippen molar-refractivity contribution in [3.8, 4) is 16.9 Å². The average molecular weight is 684 g/mol. The Morgan fingerprint density at radius 3 is 2.37 bits per heavy atom. The zero-order valence-electron chi connectivity index (χ0n) is 29.7. The lowest BCUT2D eigenvalue weighted by Crippen LogP contribution is -2.36. The van der Waals surface area contributed by atoms with Gasteiger partial charge in [-0.05, 0) is 68.0 Å². The molecule has 0 atom stereocenters. The van der Waals surface area contributed by atoms with Crippen LogP contribution in [0.4, 0.5) is 11.4 Å². The number of hydrogen-bond donors (Lipinski definition) is 0. The molecule has 9 nitrogen and oxygen atoms in total. The van der Waals surface area contributed by atoms with Crippen molar-refractivity contribution < 1.29 is 19.0 Å². The lowest BCUT2D eigenvalue weighted by atomic mass is 9.98. The SMILES string of the molecule is CCOC(=O)c1c(CCCOc2cccc3ccccc23)c2cccc3c2n1CCN(c1ccc(N2CCOCC2)cc1)Cc1c-3c(C)nn1C. The first kappa shape index (κ1) is 32.9. The number of carbonyl (C=O) groups excluding carboxylic acids is 1. The second-order valence-corrected chi connectivity index (χ2v) is 13.4. The van der Waals surface area contributed by atoms with Crippen molar-refractivity contribution in [2.45, 2.75) is 39.8 Å². The third kappa shape index (κ3) is 6.20. The Morgan fingerprint density at radius 2 is 1.57 bits per heavy atom. The number of morpholine rings is 1. The molecule has 262 valence electrons. The Balaban J connectivity index is 1.17. The molecule has 2 aliphatic rings. The fourth-order valence-corrected chi connectivity index (χ4v) is 7.98. The Morgan fingerprint density at radius 1 is 0.843 bits per heavy atom. The first-order valence-electron chi connectivity index (χ1n) is 18.1. The summed E-state index contributed by atoms with van der Waals surface area (Å²) in [6.45, 7) is 10.1. The summed E-state index contributed by atoms with van der Waals surface area (Å²) < 4.78 is 22.0. The number of carbonyl (C=O) groups is 1. The molecule has 0 unspecified atom stereocenters. The van der Waals surface area contributed by atoms with E-state index in [-0.39, 0.29) is 5.97 Å². The second kappa shape index (κ2) is 14.2. The first-order valence-corrected chi connectivity index (χ1v) is 18.1. The third-order valence-electron chi connectivity index (χ3n) is 10.4. The third-order valence-corrected chi connectivity index (χ3v) is 10.4. The van der Waals surface area contributed by atoms with Gasteiger partial charge in [-0.15, -0.1) is 0 Å². The first-order chi connectivity index (χ1) is 25.0. The number of esters is 1. The number of benzene rings is 4. The van der Waals surface area contributed by atoms with Crippen molar-refractivity contribution in [2.24, 2.45) is 7.05 Å². The zero-order chi connectivity index (χ0) is 34.9. The predicted molar refractivity (Wildman–Crippen MR) is 203 cm³/mol. The maximum atomic E-state index is 14.0. The Labute approximate surface area is 298 Å². The predicted octanol–water partition coefficient (Wildman–Crippen LogP) is 7.55. The molecule has 0 bridgehead atoms. The van der Waals surface area contributed by atoms with Crippen LogP contribution in [0.25, 0.3) is 32.8 Å². The van der Waals surface area contributed by atoms with E-state index in [9.17, 15) is 4.79 Å². The molecule has 9 heteroatoms. The number of rotatable bonds is 9. The van der Waals surface area contributed by atoms with E-state index in [1.807, 2.05) is 42.9 Å². The van der Waals surface area contributed by atoms with Gasteiger partial charge in [0.1, 0.15) is 11.4 Å². The highest BCUT2D eigenvalue weighted by molar-refractivity contribution is 6.05. The summed E-state index contributed by atoms with van der Waals surface area (Å²) >= 11 is 0. The van der Waals surface area contributed by atoms with Gasteiger partial charge in [0.05, 0.1) is 49.9 Å². The van der Waals surface area contributed by atoms with Crippen LogP contribution in [0, 0.1) is 6.92 Å². The van der Waals surface area contributed by atoms with Gasteiger partial charge in [0, 0.05) is 66.5 Å². The minimum absolute atomic E-state index is 0.284. The molecule has 4 heterocycles. The summed E-state index contributed by atoms with van der Waals surface area (Å²) in [5.74, 6) is 0.594. The summed E-state index contributed by atoms with van der Waals surface area (Å²) in [7, 11) is 2.04. The van der Waals surface area contributed by atoms with Crippen LogP contribution < -0.4 is 14.5 Å². The molecule has 8 rings (SSSR count). The van der Waals surface area contributed by atoms with Gasteiger partial charge in [0.2, 0.25) is 0 Å². The number of fused-ring (bicyclic) bond motifs is 3. The quantitative estimate of drug-likeness (QED) is 0.115. The number of aromatic nitrogens is 3. The van der Waals surface area contributed by atoms with Gasteiger partial charge in [0.15, 0.2) is 0 Å². The van der Waals surface area contributed by atoms with Gasteiger partial charge in [-0.2, -0.15) is 5.10 Å². The molecule has 0 N–H and O–H groups in total. The molecule has 4 aromatic carbocycles. The minimum Gasteiger partial charge on any atom is -0.493 e. The highest BCUT2D eigenvalue weighted by Gasteiger charge is 2.30. The molecule has 1 fully saturated rings. The number of aryl methyl sites for hydroxylation is 3. The average Bonchev–Trinajstić information content (AvgIpc) is 3.65. The number of ether oxygens (including phenoxy) is 3. The maximum Gasteiger partial charge on any atom is 0.355 e. The van der Waals surface area contributed by atoms with Crippen molar-refractivity contribution in [2.75, 3.05) is 55.9 Å². The Hall–Kier alpha value is -5.28. The molecule has 0 aliphatic carbocycles. The number of nitrogens with zero attached hydrogens (tertiary/aromatic N) is 5. The lowest BCUT2D eigenvalue weighted by Gasteiger charge is -2.30. The van der Waals surface area contributed by atoms with Crippen molar-refractivity contribution >= 4 is 39.0 Å². The van der Waals surface area contributed by atoms with E-state index in [4.69, 9.17) is 19.3 Å². The molecule has 2 aliphatic heterocycles. The summed E-state index contributed by atoms with van der Waals surface area (Å²) in [5, 5.41) is 8.27. The molecular formula is C42H45N5O4. The molecule has 0 saturated carbocycles. The fraction of sp³-hybridized carbons (Fsp3) is 0.333. The van der Waals surface area contributed by atoms with Crippen LogP contribution in [0.1, 0.15) is 40.8 Å². The van der Waals surface area contributed by atoms with E-state index in [1.165, 1.54) is 5.69 Å². The standard InChI is InChI=1S/C42H45N5O4/c1-4-50-42(48)41-35(15-9-25-51-38-16-7-11-30-10-5-6-12-33(30)38)34-13-8-14-36-39-29(2)43-44(3)37(39)28-46(21-22-47(41)40(34)36)32-19-17-31(18-20-32)45-23-26-49-27-24-45/h5-8,10-14,16-20H,4,9,15,21-28H2,1-3H3. The number of anilines is 2. The normalized spacial score (nSPS) is 14.6. The Bertz CT molecular complexity index is 2190. The van der Waals surface area contributed by atoms with E-state index in [0.29, 0.717) is 45.0 Å². The van der Waals surface area contributed by atoms with Crippen LogP contribution in [-0.2, 0) is 36.0 Å². The lowest BCUT2D eigenvalue weighted by molar-refractivity contribution is 0.0513. The molecule has 0 spiro atoms. The van der Waals surface area contributed by atoms with Crippen molar-refractivity contribution in [1.82, 2.24) is 14.3 Å². The van der Waals surface area contributed by atoms with Crippen LogP contribution >= 0.6 is 0 Å². The molecule has 2 aromatic heterocycles. The van der Waals surface area contributed by atoms with Crippen LogP contribution in [0.15, 0.2) is 84.9 Å². The minimum atomic E-state index is -0.284. The molecule has 1 saturated heterocycles. The number of hydrogen-bond acceptors (Lipinski definition) is 7. The fourth-order valence-electron chi connectivity index (χ4n) is 7.98. The van der Waals surface area contributed by atoms with Crippen LogP contribution in [0.3, 0.4) is 0 Å². The molecule has 6 aromatic rings. The molecular weight excluding hydrogens is 638 g/mol. The van der Waals surface area contributed by atoms with Gasteiger partial charge in [-0.25, -0.2) is 4.79 Å². The summed E-state index contributed by atoms with van der Waals surface area (Å²) in [6.07, 6.45) is 1.43. The maximum absolute atomic E-state index is 14.0. The van der Waals surface area contributed by atoms with Crippen molar-refractivity contribution in [1.29, 1.82) is 0 Å². The van der Waals surface area contributed by atoms with Crippen molar-refractivity contribution in [3.63, 3.8) is 0 Å².